The van der Waals surface area contributed by atoms with Crippen LogP contribution in [0.3, 0.4) is 0 Å². The number of imide groups is 1. The summed E-state index contributed by atoms with van der Waals surface area (Å²) < 4.78 is 6.34. The van der Waals surface area contributed by atoms with E-state index in [0.717, 1.165) is 4.88 Å². The van der Waals surface area contributed by atoms with Crippen LogP contribution in [-0.4, -0.2) is 29.0 Å². The van der Waals surface area contributed by atoms with Gasteiger partial charge in [-0.05, 0) is 29.7 Å². The summed E-state index contributed by atoms with van der Waals surface area (Å²) in [6.45, 7) is -0.510. The van der Waals surface area contributed by atoms with Crippen molar-refractivity contribution in [1.82, 2.24) is 9.88 Å². The molecule has 22 heavy (non-hydrogen) atoms. The average molecular weight is 318 g/mol. The number of esters is 1. The molecular weight excluding hydrogens is 304 g/mol. The second-order valence-corrected chi connectivity index (χ2v) is 5.32. The molecule has 2 heterocycles. The van der Waals surface area contributed by atoms with Crippen molar-refractivity contribution < 1.29 is 19.1 Å². The average Bonchev–Trinajstić information content (AvgIpc) is 3.14. The van der Waals surface area contributed by atoms with E-state index >= 15 is 0 Å². The highest BCUT2D eigenvalue weighted by molar-refractivity contribution is 7.10. The van der Waals surface area contributed by atoms with E-state index in [-0.39, 0.29) is 0 Å². The summed E-state index contributed by atoms with van der Waals surface area (Å²) in [5.74, 6) is -1.86. The van der Waals surface area contributed by atoms with Gasteiger partial charge < -0.3 is 9.30 Å². The van der Waals surface area contributed by atoms with Crippen LogP contribution < -0.4 is 5.32 Å². The quantitative estimate of drug-likeness (QED) is 0.671. The first-order valence-corrected chi connectivity index (χ1v) is 7.28. The molecule has 0 radical (unpaired) electrons. The van der Waals surface area contributed by atoms with Gasteiger partial charge >= 0.3 is 5.97 Å². The summed E-state index contributed by atoms with van der Waals surface area (Å²) in [4.78, 5) is 35.7. The predicted octanol–water partition coefficient (Wildman–Crippen LogP) is 1.60. The van der Waals surface area contributed by atoms with E-state index in [1.165, 1.54) is 17.4 Å². The molecule has 0 aliphatic carbocycles. The van der Waals surface area contributed by atoms with E-state index in [0.29, 0.717) is 5.69 Å². The highest BCUT2D eigenvalue weighted by Crippen LogP contribution is 2.10. The van der Waals surface area contributed by atoms with Crippen molar-refractivity contribution in [3.05, 3.63) is 52.5 Å². The number of rotatable bonds is 5. The maximum atomic E-state index is 11.8. The van der Waals surface area contributed by atoms with Gasteiger partial charge in [0.15, 0.2) is 6.61 Å². The van der Waals surface area contributed by atoms with E-state index in [1.54, 1.807) is 36.0 Å². The Labute approximate surface area is 131 Å². The molecule has 0 bridgehead atoms. The van der Waals surface area contributed by atoms with E-state index in [1.807, 2.05) is 17.5 Å². The molecule has 6 nitrogen and oxygen atoms in total. The summed E-state index contributed by atoms with van der Waals surface area (Å²) in [5, 5.41) is 4.03. The van der Waals surface area contributed by atoms with Gasteiger partial charge in [-0.15, -0.1) is 11.3 Å². The van der Waals surface area contributed by atoms with Crippen LogP contribution in [0.25, 0.3) is 6.08 Å². The summed E-state index contributed by atoms with van der Waals surface area (Å²) >= 11 is 1.48. The Morgan fingerprint density at radius 2 is 2.14 bits per heavy atom. The van der Waals surface area contributed by atoms with E-state index in [2.05, 4.69) is 5.32 Å². The Morgan fingerprint density at radius 3 is 2.77 bits per heavy atom. The topological polar surface area (TPSA) is 77.4 Å². The highest BCUT2D eigenvalue weighted by Gasteiger charge is 2.13. The van der Waals surface area contributed by atoms with E-state index < -0.39 is 24.4 Å². The van der Waals surface area contributed by atoms with Crippen LogP contribution >= 0.6 is 11.3 Å². The summed E-state index contributed by atoms with van der Waals surface area (Å²) in [6, 6.07) is 6.98. The SMILES string of the molecule is Cn1cccc1C(=O)NC(=O)COC(=O)/C=C/c1cccs1. The van der Waals surface area contributed by atoms with E-state index in [4.69, 9.17) is 4.74 Å². The third kappa shape index (κ3) is 4.42. The van der Waals surface area contributed by atoms with Gasteiger partial charge in [0, 0.05) is 24.2 Å². The molecule has 2 aromatic heterocycles. The lowest BCUT2D eigenvalue weighted by molar-refractivity contribution is -0.143. The van der Waals surface area contributed by atoms with Crippen molar-refractivity contribution in [3.8, 4) is 0 Å². The van der Waals surface area contributed by atoms with E-state index in [9.17, 15) is 14.4 Å². The zero-order valence-corrected chi connectivity index (χ0v) is 12.6. The van der Waals surface area contributed by atoms with Gasteiger partial charge in [0.25, 0.3) is 11.8 Å². The molecule has 1 N–H and O–H groups in total. The lowest BCUT2D eigenvalue weighted by Crippen LogP contribution is -2.34. The Morgan fingerprint density at radius 1 is 1.32 bits per heavy atom. The summed E-state index contributed by atoms with van der Waals surface area (Å²) in [6.07, 6.45) is 4.52. The number of carbonyl (C=O) groups is 3. The second-order valence-electron chi connectivity index (χ2n) is 4.34. The Kier molecular flexibility index (Phi) is 5.26. The lowest BCUT2D eigenvalue weighted by Gasteiger charge is -2.05. The monoisotopic (exact) mass is 318 g/mol. The molecule has 0 aliphatic rings. The Bertz CT molecular complexity index is 701. The maximum Gasteiger partial charge on any atom is 0.331 e. The standard InChI is InChI=1S/C15H14N2O4S/c1-17-8-2-5-12(17)15(20)16-13(18)10-21-14(19)7-6-11-4-3-9-22-11/h2-9H,10H2,1H3,(H,16,18,20)/b7-6+. The van der Waals surface area contributed by atoms with Crippen molar-refractivity contribution in [2.45, 2.75) is 0 Å². The minimum Gasteiger partial charge on any atom is -0.452 e. The molecule has 0 aromatic carbocycles. The summed E-state index contributed by atoms with van der Waals surface area (Å²) in [5.41, 5.74) is 0.345. The van der Waals surface area contributed by atoms with Crippen LogP contribution in [0.4, 0.5) is 0 Å². The molecule has 0 saturated heterocycles. The number of nitrogens with zero attached hydrogens (tertiary/aromatic N) is 1. The second kappa shape index (κ2) is 7.37. The first-order valence-electron chi connectivity index (χ1n) is 6.40. The van der Waals surface area contributed by atoms with Crippen LogP contribution in [0.5, 0.6) is 0 Å². The molecule has 0 spiro atoms. The number of aromatic nitrogens is 1. The largest absolute Gasteiger partial charge is 0.452 e. The molecule has 2 amide bonds. The molecule has 0 saturated carbocycles. The van der Waals surface area contributed by atoms with Crippen LogP contribution in [0.2, 0.25) is 0 Å². The zero-order chi connectivity index (χ0) is 15.9. The smallest absolute Gasteiger partial charge is 0.331 e. The van der Waals surface area contributed by atoms with Gasteiger partial charge in [-0.3, -0.25) is 14.9 Å². The van der Waals surface area contributed by atoms with Crippen LogP contribution in [0.15, 0.2) is 41.9 Å². The molecule has 114 valence electrons. The molecule has 2 aromatic rings. The fourth-order valence-corrected chi connectivity index (χ4v) is 2.26. The number of nitrogens with one attached hydrogen (secondary N) is 1. The summed E-state index contributed by atoms with van der Waals surface area (Å²) in [7, 11) is 1.69. The number of amides is 2. The molecule has 0 unspecified atom stereocenters. The molecule has 0 aliphatic heterocycles. The minimum absolute atomic E-state index is 0.345. The number of thiophene rings is 1. The molecule has 7 heteroatoms. The maximum absolute atomic E-state index is 11.8. The van der Waals surface area contributed by atoms with Crippen molar-refractivity contribution in [3.63, 3.8) is 0 Å². The molecular formula is C15H14N2O4S. The van der Waals surface area contributed by atoms with Crippen LogP contribution in [-0.2, 0) is 21.4 Å². The number of ether oxygens (including phenoxy) is 1. The zero-order valence-electron chi connectivity index (χ0n) is 11.8. The van der Waals surface area contributed by atoms with Crippen LogP contribution in [0.1, 0.15) is 15.4 Å². The van der Waals surface area contributed by atoms with Gasteiger partial charge in [0.2, 0.25) is 0 Å². The number of hydrogen-bond acceptors (Lipinski definition) is 5. The fraction of sp³-hybridized carbons (Fsp3) is 0.133. The van der Waals surface area contributed by atoms with Gasteiger partial charge in [0.05, 0.1) is 0 Å². The highest BCUT2D eigenvalue weighted by atomic mass is 32.1. The van der Waals surface area contributed by atoms with Gasteiger partial charge in [-0.1, -0.05) is 6.07 Å². The van der Waals surface area contributed by atoms with Crippen molar-refractivity contribution in [2.24, 2.45) is 7.05 Å². The van der Waals surface area contributed by atoms with Crippen LogP contribution in [0, 0.1) is 0 Å². The molecule has 0 atom stereocenters. The minimum atomic E-state index is -0.677. The normalized spacial score (nSPS) is 10.6. The first-order chi connectivity index (χ1) is 10.6. The van der Waals surface area contributed by atoms with Crippen molar-refractivity contribution in [1.29, 1.82) is 0 Å². The third-order valence-corrected chi connectivity index (χ3v) is 3.54. The van der Waals surface area contributed by atoms with Crippen molar-refractivity contribution in [2.75, 3.05) is 6.61 Å². The van der Waals surface area contributed by atoms with Gasteiger partial charge in [-0.25, -0.2) is 4.79 Å². The number of aryl methyl sites for hydroxylation is 1. The lowest BCUT2D eigenvalue weighted by atomic mass is 10.4. The van der Waals surface area contributed by atoms with Gasteiger partial charge in [0.1, 0.15) is 5.69 Å². The molecule has 2 rings (SSSR count). The van der Waals surface area contributed by atoms with Crippen molar-refractivity contribution >= 4 is 35.2 Å². The Hall–Kier alpha value is -2.67. The number of carbonyl (C=O) groups excluding carboxylic acids is 3. The third-order valence-electron chi connectivity index (χ3n) is 2.70. The van der Waals surface area contributed by atoms with Gasteiger partial charge in [-0.2, -0.15) is 0 Å². The first kappa shape index (κ1) is 15.7. The Balaban J connectivity index is 1.77. The fourth-order valence-electron chi connectivity index (χ4n) is 1.64. The molecule has 0 fully saturated rings. The number of hydrogen-bond donors (Lipinski definition) is 1. The predicted molar refractivity (Wildman–Crippen MR) is 82.2 cm³/mol.